The molecule has 2 aliphatic heterocycles. The lowest BCUT2D eigenvalue weighted by molar-refractivity contribution is -0.129. The highest BCUT2D eigenvalue weighted by atomic mass is 16.2. The first-order chi connectivity index (χ1) is 14.0. The summed E-state index contributed by atoms with van der Waals surface area (Å²) >= 11 is 0. The number of carbonyl (C=O) groups is 1. The Morgan fingerprint density at radius 1 is 0.966 bits per heavy atom. The molecule has 2 aromatic rings. The van der Waals surface area contributed by atoms with E-state index in [0.29, 0.717) is 17.7 Å². The lowest BCUT2D eigenvalue weighted by Gasteiger charge is -2.41. The predicted octanol–water partition coefficient (Wildman–Crippen LogP) is 3.44. The zero-order valence-electron chi connectivity index (χ0n) is 17.8. The van der Waals surface area contributed by atoms with Gasteiger partial charge >= 0.3 is 0 Å². The molecule has 0 N–H and O–H groups in total. The van der Waals surface area contributed by atoms with Gasteiger partial charge in [-0.15, -0.1) is 0 Å². The fourth-order valence-corrected chi connectivity index (χ4v) is 4.49. The monoisotopic (exact) mass is 393 g/mol. The van der Waals surface area contributed by atoms with E-state index in [1.54, 1.807) is 0 Å². The number of nitrogens with zero attached hydrogens (tertiary/aromatic N) is 5. The van der Waals surface area contributed by atoms with Crippen LogP contribution in [0.1, 0.15) is 32.1 Å². The number of likely N-dealkylation sites (tertiary alicyclic amines) is 1. The second-order valence-electron chi connectivity index (χ2n) is 8.74. The first-order valence-electron chi connectivity index (χ1n) is 10.6. The van der Waals surface area contributed by atoms with E-state index in [0.717, 1.165) is 62.5 Å². The smallest absolute Gasteiger partial charge is 0.225 e. The molecule has 154 valence electrons. The molecule has 2 aliphatic rings. The maximum Gasteiger partial charge on any atom is 0.225 e. The van der Waals surface area contributed by atoms with Gasteiger partial charge in [-0.2, -0.15) is 0 Å². The van der Waals surface area contributed by atoms with Crippen LogP contribution in [0.3, 0.4) is 0 Å². The van der Waals surface area contributed by atoms with Gasteiger partial charge in [-0.05, 0) is 49.3 Å². The van der Waals surface area contributed by atoms with Crippen LogP contribution in [0.2, 0.25) is 0 Å². The predicted molar refractivity (Wildman–Crippen MR) is 117 cm³/mol. The number of hydrogen-bond acceptors (Lipinski definition) is 5. The summed E-state index contributed by atoms with van der Waals surface area (Å²) in [7, 11) is 6.02. The first-order valence-corrected chi connectivity index (χ1v) is 10.6. The fourth-order valence-electron chi connectivity index (χ4n) is 4.49. The summed E-state index contributed by atoms with van der Waals surface area (Å²) in [6.07, 6.45) is 6.90. The maximum absolute atomic E-state index is 12.0. The number of aromatic nitrogens is 2. The van der Waals surface area contributed by atoms with Crippen LogP contribution >= 0.6 is 0 Å². The normalized spacial score (nSPS) is 19.3. The number of hydrogen-bond donors (Lipinski definition) is 0. The van der Waals surface area contributed by atoms with Gasteiger partial charge < -0.3 is 14.7 Å². The summed E-state index contributed by atoms with van der Waals surface area (Å²) in [4.78, 5) is 27.8. The third kappa shape index (κ3) is 4.21. The van der Waals surface area contributed by atoms with Crippen LogP contribution < -0.4 is 9.80 Å². The van der Waals surface area contributed by atoms with Crippen molar-refractivity contribution in [3.8, 4) is 11.3 Å². The van der Waals surface area contributed by atoms with E-state index in [9.17, 15) is 4.79 Å². The molecule has 0 bridgehead atoms. The second-order valence-corrected chi connectivity index (χ2v) is 8.74. The van der Waals surface area contributed by atoms with E-state index in [4.69, 9.17) is 4.98 Å². The summed E-state index contributed by atoms with van der Waals surface area (Å²) in [5.41, 5.74) is 3.55. The van der Waals surface area contributed by atoms with Gasteiger partial charge in [-0.25, -0.2) is 9.97 Å². The van der Waals surface area contributed by atoms with Crippen molar-refractivity contribution in [3.05, 3.63) is 36.5 Å². The first kappa shape index (κ1) is 19.7. The zero-order chi connectivity index (χ0) is 20.4. The van der Waals surface area contributed by atoms with Gasteiger partial charge in [0.15, 0.2) is 0 Å². The standard InChI is InChI=1S/C23H31N5O/c1-26(2)19-6-4-18(5-7-19)20-9-14-24-22(25-20)28-16-12-23(13-17-28)10-8-21(29)27(3)15-11-23/h4-7,9,14H,8,10-13,15-17H2,1-3H3. The van der Waals surface area contributed by atoms with Crippen molar-refractivity contribution < 1.29 is 4.79 Å². The van der Waals surface area contributed by atoms with Crippen molar-refractivity contribution >= 4 is 17.5 Å². The number of anilines is 2. The summed E-state index contributed by atoms with van der Waals surface area (Å²) in [5, 5.41) is 0. The Bertz CT molecular complexity index is 856. The van der Waals surface area contributed by atoms with Crippen LogP contribution in [0.4, 0.5) is 11.6 Å². The Hall–Kier alpha value is -2.63. The number of amides is 1. The molecule has 2 saturated heterocycles. The molecular formula is C23H31N5O. The van der Waals surface area contributed by atoms with Gasteiger partial charge in [-0.1, -0.05) is 12.1 Å². The van der Waals surface area contributed by atoms with Crippen LogP contribution in [0.15, 0.2) is 36.5 Å². The van der Waals surface area contributed by atoms with Crippen molar-refractivity contribution in [1.29, 1.82) is 0 Å². The highest BCUT2D eigenvalue weighted by Crippen LogP contribution is 2.41. The highest BCUT2D eigenvalue weighted by Gasteiger charge is 2.37. The van der Waals surface area contributed by atoms with Gasteiger partial charge in [0, 0.05) is 64.6 Å². The van der Waals surface area contributed by atoms with E-state index in [1.165, 1.54) is 5.69 Å². The molecule has 6 heteroatoms. The Labute approximate surface area is 173 Å². The average Bonchev–Trinajstić information content (AvgIpc) is 2.89. The molecule has 1 spiro atoms. The van der Waals surface area contributed by atoms with Crippen molar-refractivity contribution in [1.82, 2.24) is 14.9 Å². The molecule has 1 aromatic heterocycles. The van der Waals surface area contributed by atoms with E-state index >= 15 is 0 Å². The van der Waals surface area contributed by atoms with E-state index in [-0.39, 0.29) is 0 Å². The minimum absolute atomic E-state index is 0.292. The average molecular weight is 394 g/mol. The summed E-state index contributed by atoms with van der Waals surface area (Å²) in [6, 6.07) is 10.4. The molecule has 4 rings (SSSR count). The molecule has 3 heterocycles. The fraction of sp³-hybridized carbons (Fsp3) is 0.522. The number of rotatable bonds is 3. The number of benzene rings is 1. The largest absolute Gasteiger partial charge is 0.378 e. The van der Waals surface area contributed by atoms with Gasteiger partial charge in [-0.3, -0.25) is 4.79 Å². The van der Waals surface area contributed by atoms with E-state index in [1.807, 2.05) is 38.3 Å². The summed E-state index contributed by atoms with van der Waals surface area (Å²) in [6.45, 7) is 2.80. The lowest BCUT2D eigenvalue weighted by atomic mass is 9.73. The highest BCUT2D eigenvalue weighted by molar-refractivity contribution is 5.76. The van der Waals surface area contributed by atoms with Gasteiger partial charge in [0.05, 0.1) is 5.69 Å². The van der Waals surface area contributed by atoms with Crippen molar-refractivity contribution in [3.63, 3.8) is 0 Å². The maximum atomic E-state index is 12.0. The molecule has 0 radical (unpaired) electrons. The van der Waals surface area contributed by atoms with Crippen LogP contribution in [-0.2, 0) is 4.79 Å². The van der Waals surface area contributed by atoms with Crippen LogP contribution in [-0.4, -0.2) is 61.6 Å². The number of carbonyl (C=O) groups excluding carboxylic acids is 1. The van der Waals surface area contributed by atoms with E-state index < -0.39 is 0 Å². The molecule has 6 nitrogen and oxygen atoms in total. The molecule has 1 aromatic carbocycles. The Morgan fingerprint density at radius 2 is 1.66 bits per heavy atom. The third-order valence-corrected chi connectivity index (χ3v) is 6.70. The molecular weight excluding hydrogens is 362 g/mol. The SMILES string of the molecule is CN1CCC2(CCC1=O)CCN(c1nccc(-c3ccc(N(C)C)cc3)n1)CC2. The molecule has 0 unspecified atom stereocenters. The molecule has 0 saturated carbocycles. The Morgan fingerprint density at radius 3 is 2.34 bits per heavy atom. The van der Waals surface area contributed by atoms with Crippen molar-refractivity contribution in [2.24, 2.45) is 5.41 Å². The zero-order valence-corrected chi connectivity index (χ0v) is 17.8. The topological polar surface area (TPSA) is 52.6 Å². The van der Waals surface area contributed by atoms with Crippen LogP contribution in [0, 0.1) is 5.41 Å². The molecule has 0 aliphatic carbocycles. The molecule has 2 fully saturated rings. The number of piperidine rings is 1. The van der Waals surface area contributed by atoms with Gasteiger partial charge in [0.2, 0.25) is 11.9 Å². The minimum Gasteiger partial charge on any atom is -0.378 e. The second kappa shape index (κ2) is 8.01. The lowest BCUT2D eigenvalue weighted by Crippen LogP contribution is -2.41. The van der Waals surface area contributed by atoms with E-state index in [2.05, 4.69) is 39.0 Å². The van der Waals surface area contributed by atoms with Crippen molar-refractivity contribution in [2.45, 2.75) is 32.1 Å². The Balaban J connectivity index is 1.45. The van der Waals surface area contributed by atoms with Gasteiger partial charge in [0.1, 0.15) is 0 Å². The summed E-state index contributed by atoms with van der Waals surface area (Å²) in [5.74, 6) is 1.11. The molecule has 29 heavy (non-hydrogen) atoms. The molecule has 0 atom stereocenters. The minimum atomic E-state index is 0.292. The van der Waals surface area contributed by atoms with Crippen molar-refractivity contribution in [2.75, 3.05) is 50.6 Å². The third-order valence-electron chi connectivity index (χ3n) is 6.70. The summed E-state index contributed by atoms with van der Waals surface area (Å²) < 4.78 is 0. The van der Waals surface area contributed by atoms with Gasteiger partial charge in [0.25, 0.3) is 0 Å². The van der Waals surface area contributed by atoms with Crippen LogP contribution in [0.25, 0.3) is 11.3 Å². The van der Waals surface area contributed by atoms with Crippen LogP contribution in [0.5, 0.6) is 0 Å². The Kier molecular flexibility index (Phi) is 5.43. The molecule has 1 amide bonds. The quantitative estimate of drug-likeness (QED) is 0.800.